The highest BCUT2D eigenvalue weighted by molar-refractivity contribution is 14.1. The summed E-state index contributed by atoms with van der Waals surface area (Å²) in [7, 11) is -3.54. The van der Waals surface area contributed by atoms with Crippen LogP contribution in [0, 0.1) is 9.39 Å². The normalized spacial score (nSPS) is 19.5. The molecule has 2 aromatic rings. The molecule has 3 nitrogen and oxygen atoms in total. The van der Waals surface area contributed by atoms with Gasteiger partial charge in [-0.25, -0.2) is 12.8 Å². The number of halogens is 2. The van der Waals surface area contributed by atoms with Gasteiger partial charge >= 0.3 is 0 Å². The molecule has 1 aliphatic rings. The van der Waals surface area contributed by atoms with Crippen LogP contribution >= 0.6 is 22.6 Å². The minimum atomic E-state index is -3.54. The Kier molecular flexibility index (Phi) is 4.52. The standard InChI is InChI=1S/C16H15FINO2S/c17-14-3-7-16(8-4-14)22(20,21)19-10-9-13(11-19)12-1-5-15(18)6-2-12/h1-8,13H,9-11H2. The summed E-state index contributed by atoms with van der Waals surface area (Å²) < 4.78 is 40.8. The molecule has 6 heteroatoms. The van der Waals surface area contributed by atoms with Crippen molar-refractivity contribution in [3.63, 3.8) is 0 Å². The molecule has 1 aliphatic heterocycles. The fraction of sp³-hybridized carbons (Fsp3) is 0.250. The Bertz CT molecular complexity index is 760. The summed E-state index contributed by atoms with van der Waals surface area (Å²) in [6, 6.07) is 13.2. The number of sulfonamides is 1. The van der Waals surface area contributed by atoms with Crippen molar-refractivity contribution >= 4 is 32.6 Å². The van der Waals surface area contributed by atoms with Gasteiger partial charge in [-0.3, -0.25) is 0 Å². The van der Waals surface area contributed by atoms with E-state index in [0.717, 1.165) is 15.6 Å². The van der Waals surface area contributed by atoms with E-state index in [4.69, 9.17) is 0 Å². The number of hydrogen-bond donors (Lipinski definition) is 0. The molecule has 0 N–H and O–H groups in total. The molecule has 1 heterocycles. The van der Waals surface area contributed by atoms with Crippen molar-refractivity contribution in [3.05, 3.63) is 63.5 Å². The van der Waals surface area contributed by atoms with Crippen molar-refractivity contribution in [3.8, 4) is 0 Å². The Morgan fingerprint density at radius 3 is 2.32 bits per heavy atom. The predicted octanol–water partition coefficient (Wildman–Crippen LogP) is 3.61. The van der Waals surface area contributed by atoms with Crippen LogP contribution in [0.5, 0.6) is 0 Å². The molecule has 0 aromatic heterocycles. The van der Waals surface area contributed by atoms with E-state index < -0.39 is 15.8 Å². The van der Waals surface area contributed by atoms with Gasteiger partial charge in [0.2, 0.25) is 10.0 Å². The maximum Gasteiger partial charge on any atom is 0.243 e. The molecule has 22 heavy (non-hydrogen) atoms. The summed E-state index contributed by atoms with van der Waals surface area (Å²) in [5.74, 6) is -0.218. The molecule has 0 aliphatic carbocycles. The van der Waals surface area contributed by atoms with Crippen molar-refractivity contribution < 1.29 is 12.8 Å². The first-order valence-electron chi connectivity index (χ1n) is 6.98. The van der Waals surface area contributed by atoms with Gasteiger partial charge in [-0.2, -0.15) is 4.31 Å². The van der Waals surface area contributed by atoms with Crippen LogP contribution in [0.4, 0.5) is 4.39 Å². The number of benzene rings is 2. The third kappa shape index (κ3) is 3.18. The van der Waals surface area contributed by atoms with Gasteiger partial charge in [0.1, 0.15) is 5.82 Å². The van der Waals surface area contributed by atoms with Crippen LogP contribution in [0.3, 0.4) is 0 Å². The lowest BCUT2D eigenvalue weighted by Gasteiger charge is -2.17. The fourth-order valence-corrected chi connectivity index (χ4v) is 4.57. The van der Waals surface area contributed by atoms with Gasteiger partial charge in [-0.15, -0.1) is 0 Å². The van der Waals surface area contributed by atoms with Gasteiger partial charge in [-0.05, 0) is 76.9 Å². The molecule has 3 rings (SSSR count). The van der Waals surface area contributed by atoms with Crippen LogP contribution in [-0.2, 0) is 10.0 Å². The smallest absolute Gasteiger partial charge is 0.207 e. The average Bonchev–Trinajstić information content (AvgIpc) is 2.99. The van der Waals surface area contributed by atoms with Crippen LogP contribution < -0.4 is 0 Å². The molecule has 1 atom stereocenters. The maximum atomic E-state index is 13.0. The van der Waals surface area contributed by atoms with Crippen LogP contribution in [0.25, 0.3) is 0 Å². The molecule has 0 saturated carbocycles. The summed E-state index contributed by atoms with van der Waals surface area (Å²) in [5, 5.41) is 0. The van der Waals surface area contributed by atoms with Crippen molar-refractivity contribution in [1.29, 1.82) is 0 Å². The monoisotopic (exact) mass is 431 g/mol. The van der Waals surface area contributed by atoms with E-state index in [9.17, 15) is 12.8 Å². The largest absolute Gasteiger partial charge is 0.243 e. The lowest BCUT2D eigenvalue weighted by molar-refractivity contribution is 0.472. The Balaban J connectivity index is 1.79. The van der Waals surface area contributed by atoms with Gasteiger partial charge < -0.3 is 0 Å². The highest BCUT2D eigenvalue weighted by atomic mass is 127. The Morgan fingerprint density at radius 1 is 1.05 bits per heavy atom. The summed E-state index contributed by atoms with van der Waals surface area (Å²) in [6.07, 6.45) is 0.807. The van der Waals surface area contributed by atoms with E-state index >= 15 is 0 Å². The highest BCUT2D eigenvalue weighted by Gasteiger charge is 2.33. The van der Waals surface area contributed by atoms with Crippen LogP contribution in [0.15, 0.2) is 53.4 Å². The molecule has 0 radical (unpaired) electrons. The van der Waals surface area contributed by atoms with E-state index in [1.54, 1.807) is 0 Å². The van der Waals surface area contributed by atoms with E-state index in [1.165, 1.54) is 28.6 Å². The first-order valence-corrected chi connectivity index (χ1v) is 9.50. The third-order valence-corrected chi connectivity index (χ3v) is 6.54. The Labute approximate surface area is 143 Å². The first kappa shape index (κ1) is 15.9. The van der Waals surface area contributed by atoms with Gasteiger partial charge in [0, 0.05) is 16.7 Å². The lowest BCUT2D eigenvalue weighted by atomic mass is 9.99. The van der Waals surface area contributed by atoms with Crippen molar-refractivity contribution in [1.82, 2.24) is 4.31 Å². The van der Waals surface area contributed by atoms with Crippen molar-refractivity contribution in [2.75, 3.05) is 13.1 Å². The van der Waals surface area contributed by atoms with Gasteiger partial charge in [0.15, 0.2) is 0 Å². The molecule has 1 saturated heterocycles. The fourth-order valence-electron chi connectivity index (χ4n) is 2.71. The SMILES string of the molecule is O=S(=O)(c1ccc(F)cc1)N1CCC(c2ccc(I)cc2)C1. The molecule has 0 spiro atoms. The summed E-state index contributed by atoms with van der Waals surface area (Å²) in [5.41, 5.74) is 1.16. The minimum Gasteiger partial charge on any atom is -0.207 e. The van der Waals surface area contributed by atoms with Crippen LogP contribution in [-0.4, -0.2) is 25.8 Å². The second-order valence-corrected chi connectivity index (χ2v) is 8.54. The van der Waals surface area contributed by atoms with E-state index in [2.05, 4.69) is 34.7 Å². The quantitative estimate of drug-likeness (QED) is 0.697. The van der Waals surface area contributed by atoms with Gasteiger partial charge in [0.05, 0.1) is 4.90 Å². The summed E-state index contributed by atoms with van der Waals surface area (Å²) in [6.45, 7) is 0.969. The Morgan fingerprint density at radius 2 is 1.68 bits per heavy atom. The average molecular weight is 431 g/mol. The second-order valence-electron chi connectivity index (χ2n) is 5.35. The molecule has 0 bridgehead atoms. The topological polar surface area (TPSA) is 37.4 Å². The first-order chi connectivity index (χ1) is 10.5. The van der Waals surface area contributed by atoms with E-state index in [0.29, 0.717) is 13.1 Å². The molecular formula is C16H15FINO2S. The van der Waals surface area contributed by atoms with Gasteiger partial charge in [0.25, 0.3) is 0 Å². The van der Waals surface area contributed by atoms with Crippen LogP contribution in [0.2, 0.25) is 0 Å². The summed E-state index contributed by atoms with van der Waals surface area (Å²) in [4.78, 5) is 0.150. The minimum absolute atomic E-state index is 0.150. The highest BCUT2D eigenvalue weighted by Crippen LogP contribution is 2.31. The van der Waals surface area contributed by atoms with Crippen molar-refractivity contribution in [2.24, 2.45) is 0 Å². The molecule has 0 amide bonds. The zero-order valence-corrected chi connectivity index (χ0v) is 14.7. The van der Waals surface area contributed by atoms with E-state index in [1.807, 2.05) is 12.1 Å². The number of hydrogen-bond acceptors (Lipinski definition) is 2. The summed E-state index contributed by atoms with van der Waals surface area (Å²) >= 11 is 2.25. The molecule has 116 valence electrons. The number of nitrogens with zero attached hydrogens (tertiary/aromatic N) is 1. The maximum absolute atomic E-state index is 13.0. The molecule has 2 aromatic carbocycles. The second kappa shape index (κ2) is 6.25. The zero-order valence-electron chi connectivity index (χ0n) is 11.7. The molecule has 1 fully saturated rings. The molecular weight excluding hydrogens is 416 g/mol. The van der Waals surface area contributed by atoms with Gasteiger partial charge in [-0.1, -0.05) is 12.1 Å². The lowest BCUT2D eigenvalue weighted by Crippen LogP contribution is -2.28. The number of rotatable bonds is 3. The third-order valence-electron chi connectivity index (χ3n) is 3.94. The predicted molar refractivity (Wildman–Crippen MR) is 91.7 cm³/mol. The van der Waals surface area contributed by atoms with E-state index in [-0.39, 0.29) is 10.8 Å². The zero-order chi connectivity index (χ0) is 15.7. The Hall–Kier alpha value is -0.990. The molecule has 1 unspecified atom stereocenters. The van der Waals surface area contributed by atoms with Crippen molar-refractivity contribution in [2.45, 2.75) is 17.2 Å². The van der Waals surface area contributed by atoms with Crippen LogP contribution in [0.1, 0.15) is 17.9 Å².